The highest BCUT2D eigenvalue weighted by Gasteiger charge is 2.21. The minimum absolute atomic E-state index is 0.0442. The normalized spacial score (nSPS) is 14.3. The smallest absolute Gasteiger partial charge is 0.306 e. The van der Waals surface area contributed by atoms with Gasteiger partial charge in [0.25, 0.3) is 7.82 Å². The number of carbonyl (C=O) groups excluding carboxylic acids is 2. The quantitative estimate of drug-likeness (QED) is 0.0195. The highest BCUT2D eigenvalue weighted by Crippen LogP contribution is 2.38. The first-order valence-electron chi connectivity index (χ1n) is 27.2. The minimum Gasteiger partial charge on any atom is -0.756 e. The lowest BCUT2D eigenvalue weighted by Crippen LogP contribution is -2.37. The maximum Gasteiger partial charge on any atom is 0.306 e. The Labute approximate surface area is 428 Å². The van der Waals surface area contributed by atoms with E-state index in [1.165, 1.54) is 57.8 Å². The summed E-state index contributed by atoms with van der Waals surface area (Å²) in [5, 5.41) is 0. The van der Waals surface area contributed by atoms with Crippen molar-refractivity contribution in [2.75, 3.05) is 47.5 Å². The van der Waals surface area contributed by atoms with Crippen LogP contribution in [0.4, 0.5) is 0 Å². The second kappa shape index (κ2) is 50.4. The largest absolute Gasteiger partial charge is 0.756 e. The van der Waals surface area contributed by atoms with Crippen LogP contribution in [0.2, 0.25) is 0 Å². The lowest BCUT2D eigenvalue weighted by atomic mass is 10.0. The predicted octanol–water partition coefficient (Wildman–Crippen LogP) is 16.2. The van der Waals surface area contributed by atoms with Gasteiger partial charge in [0.2, 0.25) is 0 Å². The third kappa shape index (κ3) is 53.8. The molecule has 0 amide bonds. The Bertz CT molecular complexity index is 1590. The van der Waals surface area contributed by atoms with Crippen molar-refractivity contribution < 1.29 is 42.1 Å². The van der Waals surface area contributed by atoms with E-state index in [0.29, 0.717) is 23.9 Å². The van der Waals surface area contributed by atoms with E-state index >= 15 is 0 Å². The fourth-order valence-electron chi connectivity index (χ4n) is 6.83. The van der Waals surface area contributed by atoms with Crippen molar-refractivity contribution >= 4 is 19.8 Å². The molecule has 10 heteroatoms. The molecule has 2 unspecified atom stereocenters. The minimum atomic E-state index is -4.65. The van der Waals surface area contributed by atoms with Gasteiger partial charge in [-0.05, 0) is 103 Å². The van der Waals surface area contributed by atoms with Crippen LogP contribution in [0.15, 0.2) is 122 Å². The lowest BCUT2D eigenvalue weighted by Gasteiger charge is -2.28. The molecule has 70 heavy (non-hydrogen) atoms. The topological polar surface area (TPSA) is 111 Å². The van der Waals surface area contributed by atoms with Gasteiger partial charge in [0.1, 0.15) is 19.8 Å². The molecule has 0 aliphatic carbocycles. The lowest BCUT2D eigenvalue weighted by molar-refractivity contribution is -0.870. The Balaban J connectivity index is 4.20. The van der Waals surface area contributed by atoms with Gasteiger partial charge in [0.05, 0.1) is 27.7 Å². The summed E-state index contributed by atoms with van der Waals surface area (Å²) < 4.78 is 34.0. The third-order valence-electron chi connectivity index (χ3n) is 11.0. The number of hydrogen-bond acceptors (Lipinski definition) is 8. The van der Waals surface area contributed by atoms with E-state index in [1.54, 1.807) is 0 Å². The van der Waals surface area contributed by atoms with Crippen molar-refractivity contribution in [3.63, 3.8) is 0 Å². The van der Waals surface area contributed by atoms with Crippen LogP contribution in [0.3, 0.4) is 0 Å². The SMILES string of the molecule is CC/C=C\C/C=C\C/C=C\C/C=C\C/C=C\C/C=C\CCCCCCCCCCCCCCC(=O)OC(COC(=O)CCCC/C=C\C/C=C\C/C=C\C/C=C\CC)COP(=O)([O-])OCC[N+](C)(C)C. The molecule has 0 rings (SSSR count). The van der Waals surface area contributed by atoms with Crippen molar-refractivity contribution in [1.82, 2.24) is 0 Å². The molecule has 0 saturated heterocycles. The zero-order valence-corrected chi connectivity index (χ0v) is 45.8. The summed E-state index contributed by atoms with van der Waals surface area (Å²) in [4.78, 5) is 37.7. The number of ether oxygens (including phenoxy) is 2. The van der Waals surface area contributed by atoms with E-state index in [9.17, 15) is 19.0 Å². The van der Waals surface area contributed by atoms with Gasteiger partial charge in [-0.2, -0.15) is 0 Å². The third-order valence-corrected chi connectivity index (χ3v) is 11.9. The number of nitrogens with zero attached hydrogens (tertiary/aromatic N) is 1. The van der Waals surface area contributed by atoms with Gasteiger partial charge in [-0.25, -0.2) is 0 Å². The Kier molecular flexibility index (Phi) is 47.8. The van der Waals surface area contributed by atoms with Crippen LogP contribution in [0.1, 0.15) is 194 Å². The van der Waals surface area contributed by atoms with E-state index < -0.39 is 32.5 Å². The summed E-state index contributed by atoms with van der Waals surface area (Å²) in [5.41, 5.74) is 0. The number of phosphoric ester groups is 1. The fourth-order valence-corrected chi connectivity index (χ4v) is 7.55. The molecule has 0 radical (unpaired) electrons. The van der Waals surface area contributed by atoms with Crippen molar-refractivity contribution in [3.05, 3.63) is 122 Å². The number of phosphoric acid groups is 1. The molecular formula is C60H100NO8P. The standard InChI is InChI=1S/C60H100NO8P/c1-6-8-10-12-14-16-18-20-22-23-24-25-26-27-28-29-30-31-32-33-34-35-36-37-39-41-43-45-47-49-51-53-60(63)69-58(57-68-70(64,65)67-55-54-61(3,4)5)56-66-59(62)52-50-48-46-44-42-40-38-21-19-17-15-13-11-9-7-2/h8-11,14-17,20-22,24-25,27-28,30-31,38,42,44,58H,6-7,12-13,18-19,23,26,29,32-37,39-41,43,45-57H2,1-5H3/b10-8-,11-9-,16-14-,17-15-,22-20-,25-24-,28-27-,31-30-,38-21-,44-42-. The summed E-state index contributed by atoms with van der Waals surface area (Å²) in [5.74, 6) is -0.894. The summed E-state index contributed by atoms with van der Waals surface area (Å²) in [7, 11) is 1.12. The average Bonchev–Trinajstić information content (AvgIpc) is 3.32. The van der Waals surface area contributed by atoms with E-state index in [4.69, 9.17) is 18.5 Å². The maximum absolute atomic E-state index is 12.8. The van der Waals surface area contributed by atoms with Crippen molar-refractivity contribution in [3.8, 4) is 0 Å². The van der Waals surface area contributed by atoms with Gasteiger partial charge in [0, 0.05) is 12.8 Å². The second-order valence-corrected chi connectivity index (χ2v) is 20.2. The molecular weight excluding hydrogens is 894 g/mol. The van der Waals surface area contributed by atoms with Gasteiger partial charge in [-0.1, -0.05) is 200 Å². The molecule has 2 atom stereocenters. The fraction of sp³-hybridized carbons (Fsp3) is 0.633. The molecule has 0 bridgehead atoms. The van der Waals surface area contributed by atoms with Crippen molar-refractivity contribution in [2.45, 2.75) is 200 Å². The Morgan fingerprint density at radius 1 is 0.443 bits per heavy atom. The number of quaternary nitrogens is 1. The van der Waals surface area contributed by atoms with E-state index in [1.807, 2.05) is 21.1 Å². The van der Waals surface area contributed by atoms with Gasteiger partial charge in [-0.3, -0.25) is 14.2 Å². The monoisotopic (exact) mass is 994 g/mol. The number of allylic oxidation sites excluding steroid dienone is 20. The molecule has 0 aliphatic heterocycles. The molecule has 0 heterocycles. The summed E-state index contributed by atoms with van der Waals surface area (Å²) >= 11 is 0. The molecule has 0 aromatic heterocycles. The first-order valence-corrected chi connectivity index (χ1v) is 28.7. The molecule has 9 nitrogen and oxygen atoms in total. The average molecular weight is 994 g/mol. The zero-order valence-electron chi connectivity index (χ0n) is 44.9. The van der Waals surface area contributed by atoms with Crippen LogP contribution in [-0.2, 0) is 32.7 Å². The molecule has 0 N–H and O–H groups in total. The molecule has 0 aromatic rings. The van der Waals surface area contributed by atoms with Crippen LogP contribution in [0, 0.1) is 0 Å². The summed E-state index contributed by atoms with van der Waals surface area (Å²) in [6.07, 6.45) is 71.1. The van der Waals surface area contributed by atoms with Gasteiger partial charge in [0.15, 0.2) is 6.10 Å². The Morgan fingerprint density at radius 2 is 0.771 bits per heavy atom. The van der Waals surface area contributed by atoms with E-state index in [-0.39, 0.29) is 26.1 Å². The number of rotatable bonds is 48. The molecule has 0 spiro atoms. The predicted molar refractivity (Wildman–Crippen MR) is 295 cm³/mol. The maximum atomic E-state index is 12.8. The molecule has 0 fully saturated rings. The first kappa shape index (κ1) is 66.4. The van der Waals surface area contributed by atoms with Crippen LogP contribution in [-0.4, -0.2) is 70.0 Å². The summed E-state index contributed by atoms with van der Waals surface area (Å²) in [6.45, 7) is 3.94. The Morgan fingerprint density at radius 3 is 1.17 bits per heavy atom. The van der Waals surface area contributed by atoms with E-state index in [2.05, 4.69) is 135 Å². The Hall–Kier alpha value is -3.59. The first-order chi connectivity index (χ1) is 34.0. The van der Waals surface area contributed by atoms with Crippen molar-refractivity contribution in [1.29, 1.82) is 0 Å². The molecule has 398 valence electrons. The summed E-state index contributed by atoms with van der Waals surface area (Å²) in [6, 6.07) is 0. The van der Waals surface area contributed by atoms with Crippen LogP contribution in [0.25, 0.3) is 0 Å². The second-order valence-electron chi connectivity index (χ2n) is 18.8. The highest BCUT2D eigenvalue weighted by molar-refractivity contribution is 7.45. The van der Waals surface area contributed by atoms with Crippen LogP contribution >= 0.6 is 7.82 Å². The molecule has 0 aromatic carbocycles. The van der Waals surface area contributed by atoms with Crippen LogP contribution in [0.5, 0.6) is 0 Å². The highest BCUT2D eigenvalue weighted by atomic mass is 31.2. The van der Waals surface area contributed by atoms with E-state index in [0.717, 1.165) is 96.3 Å². The van der Waals surface area contributed by atoms with Gasteiger partial charge < -0.3 is 27.9 Å². The van der Waals surface area contributed by atoms with Gasteiger partial charge in [-0.15, -0.1) is 0 Å². The molecule has 0 saturated carbocycles. The van der Waals surface area contributed by atoms with Crippen molar-refractivity contribution in [2.24, 2.45) is 0 Å². The number of unbranched alkanes of at least 4 members (excludes halogenated alkanes) is 14. The van der Waals surface area contributed by atoms with Gasteiger partial charge >= 0.3 is 11.9 Å². The number of likely N-dealkylation sites (N-methyl/N-ethyl adjacent to an activating group) is 1. The number of esters is 2. The van der Waals surface area contributed by atoms with Crippen LogP contribution < -0.4 is 4.89 Å². The molecule has 0 aliphatic rings. The zero-order chi connectivity index (χ0) is 51.3. The number of carbonyl (C=O) groups is 2. The number of hydrogen-bond donors (Lipinski definition) is 0.